The molecular formula is C19H32N2. The van der Waals surface area contributed by atoms with Crippen molar-refractivity contribution in [3.05, 3.63) is 35.4 Å². The zero-order valence-corrected chi connectivity index (χ0v) is 14.4. The molecule has 0 aromatic heterocycles. The zero-order valence-electron chi connectivity index (χ0n) is 14.4. The van der Waals surface area contributed by atoms with Gasteiger partial charge in [0, 0.05) is 24.7 Å². The smallest absolute Gasteiger partial charge is 0.0236 e. The molecule has 0 saturated carbocycles. The highest BCUT2D eigenvalue weighted by Crippen LogP contribution is 2.24. The number of likely N-dealkylation sites (tertiary alicyclic amines) is 1. The molecule has 0 radical (unpaired) electrons. The van der Waals surface area contributed by atoms with Crippen LogP contribution < -0.4 is 5.32 Å². The Morgan fingerprint density at radius 2 is 1.71 bits per heavy atom. The van der Waals surface area contributed by atoms with Crippen LogP contribution in [0, 0.1) is 5.92 Å². The molecule has 1 aromatic carbocycles. The Morgan fingerprint density at radius 3 is 2.33 bits per heavy atom. The Kier molecular flexibility index (Phi) is 5.45. The highest BCUT2D eigenvalue weighted by molar-refractivity contribution is 5.22. The number of benzene rings is 1. The van der Waals surface area contributed by atoms with Crippen LogP contribution in [0.15, 0.2) is 24.3 Å². The van der Waals surface area contributed by atoms with Crippen LogP contribution in [0.3, 0.4) is 0 Å². The Bertz CT molecular complexity index is 430. The first-order valence-corrected chi connectivity index (χ1v) is 8.42. The molecule has 0 spiro atoms. The molecule has 1 aromatic rings. The van der Waals surface area contributed by atoms with E-state index in [0.29, 0.717) is 6.04 Å². The molecule has 2 unspecified atom stereocenters. The molecule has 1 aliphatic rings. The van der Waals surface area contributed by atoms with Gasteiger partial charge in [-0.3, -0.25) is 4.90 Å². The van der Waals surface area contributed by atoms with Gasteiger partial charge >= 0.3 is 0 Å². The van der Waals surface area contributed by atoms with E-state index >= 15 is 0 Å². The average molecular weight is 288 g/mol. The fraction of sp³-hybridized carbons (Fsp3) is 0.684. The summed E-state index contributed by atoms with van der Waals surface area (Å²) in [5, 5.41) is 3.54. The van der Waals surface area contributed by atoms with E-state index in [2.05, 4.69) is 69.1 Å². The summed E-state index contributed by atoms with van der Waals surface area (Å²) < 4.78 is 0. The third-order valence-corrected chi connectivity index (χ3v) is 4.74. The minimum Gasteiger partial charge on any atom is -0.308 e. The van der Waals surface area contributed by atoms with Gasteiger partial charge in [-0.25, -0.2) is 0 Å². The summed E-state index contributed by atoms with van der Waals surface area (Å²) in [6.45, 7) is 14.7. The molecule has 2 rings (SSSR count). The van der Waals surface area contributed by atoms with E-state index in [0.717, 1.165) is 19.0 Å². The molecule has 2 nitrogen and oxygen atoms in total. The zero-order chi connectivity index (χ0) is 15.5. The number of hydrogen-bond acceptors (Lipinski definition) is 2. The highest BCUT2D eigenvalue weighted by atomic mass is 15.2. The van der Waals surface area contributed by atoms with Gasteiger partial charge in [-0.15, -0.1) is 0 Å². The fourth-order valence-electron chi connectivity index (χ4n) is 3.01. The van der Waals surface area contributed by atoms with Crippen molar-refractivity contribution in [2.45, 2.75) is 72.1 Å². The first-order valence-electron chi connectivity index (χ1n) is 8.42. The predicted molar refractivity (Wildman–Crippen MR) is 91.3 cm³/mol. The van der Waals surface area contributed by atoms with Crippen LogP contribution in [0.2, 0.25) is 0 Å². The highest BCUT2D eigenvalue weighted by Gasteiger charge is 2.24. The lowest BCUT2D eigenvalue weighted by molar-refractivity contribution is 0.106. The Balaban J connectivity index is 1.90. The summed E-state index contributed by atoms with van der Waals surface area (Å²) in [5.74, 6) is 0.828. The topological polar surface area (TPSA) is 15.3 Å². The molecule has 21 heavy (non-hydrogen) atoms. The standard InChI is InChI=1S/C19H32N2/c1-15-7-6-12-21(16(15)2)14-18-10-8-17(9-11-18)13-20-19(3,4)5/h8-11,15-16,20H,6-7,12-14H2,1-5H3. The van der Waals surface area contributed by atoms with Gasteiger partial charge < -0.3 is 5.32 Å². The van der Waals surface area contributed by atoms with Crippen molar-refractivity contribution in [1.82, 2.24) is 10.2 Å². The molecule has 0 aliphatic carbocycles. The van der Waals surface area contributed by atoms with Gasteiger partial charge in [-0.2, -0.15) is 0 Å². The lowest BCUT2D eigenvalue weighted by atomic mass is 9.91. The van der Waals surface area contributed by atoms with E-state index in [1.54, 1.807) is 0 Å². The van der Waals surface area contributed by atoms with Crippen molar-refractivity contribution >= 4 is 0 Å². The minimum atomic E-state index is 0.179. The number of nitrogens with zero attached hydrogens (tertiary/aromatic N) is 1. The van der Waals surface area contributed by atoms with Crippen LogP contribution in [-0.2, 0) is 13.1 Å². The second kappa shape index (κ2) is 6.93. The van der Waals surface area contributed by atoms with E-state index in [1.165, 1.54) is 30.5 Å². The van der Waals surface area contributed by atoms with Crippen molar-refractivity contribution in [1.29, 1.82) is 0 Å². The number of rotatable bonds is 4. The van der Waals surface area contributed by atoms with Crippen LogP contribution in [0.25, 0.3) is 0 Å². The first-order chi connectivity index (χ1) is 9.85. The normalized spacial score (nSPS) is 24.2. The molecule has 1 heterocycles. The largest absolute Gasteiger partial charge is 0.308 e. The van der Waals surface area contributed by atoms with E-state index in [1.807, 2.05) is 0 Å². The fourth-order valence-corrected chi connectivity index (χ4v) is 3.01. The van der Waals surface area contributed by atoms with Crippen LogP contribution in [-0.4, -0.2) is 23.0 Å². The second-order valence-electron chi connectivity index (χ2n) is 7.75. The maximum atomic E-state index is 3.54. The van der Waals surface area contributed by atoms with Gasteiger partial charge in [0.2, 0.25) is 0 Å². The quantitative estimate of drug-likeness (QED) is 0.893. The summed E-state index contributed by atoms with van der Waals surface area (Å²) >= 11 is 0. The van der Waals surface area contributed by atoms with E-state index in [4.69, 9.17) is 0 Å². The predicted octanol–water partition coefficient (Wildman–Crippen LogP) is 4.20. The van der Waals surface area contributed by atoms with Gasteiger partial charge in [0.1, 0.15) is 0 Å². The summed E-state index contributed by atoms with van der Waals surface area (Å²) in [7, 11) is 0. The molecule has 1 fully saturated rings. The van der Waals surface area contributed by atoms with Crippen LogP contribution in [0.4, 0.5) is 0 Å². The Morgan fingerprint density at radius 1 is 1.10 bits per heavy atom. The summed E-state index contributed by atoms with van der Waals surface area (Å²) in [6, 6.07) is 9.84. The van der Waals surface area contributed by atoms with Crippen molar-refractivity contribution in [3.8, 4) is 0 Å². The van der Waals surface area contributed by atoms with Gasteiger partial charge in [-0.05, 0) is 64.1 Å². The molecule has 0 bridgehead atoms. The Labute approximate surface area is 130 Å². The van der Waals surface area contributed by atoms with Gasteiger partial charge in [-0.1, -0.05) is 31.2 Å². The maximum Gasteiger partial charge on any atom is 0.0236 e. The van der Waals surface area contributed by atoms with Gasteiger partial charge in [0.05, 0.1) is 0 Å². The molecule has 1 N–H and O–H groups in total. The maximum absolute atomic E-state index is 3.54. The number of hydrogen-bond donors (Lipinski definition) is 1. The second-order valence-corrected chi connectivity index (χ2v) is 7.75. The summed E-state index contributed by atoms with van der Waals surface area (Å²) in [5.41, 5.74) is 2.99. The number of piperidine rings is 1. The molecule has 118 valence electrons. The van der Waals surface area contributed by atoms with Gasteiger partial charge in [0.25, 0.3) is 0 Å². The molecule has 1 saturated heterocycles. The first kappa shape index (κ1) is 16.5. The average Bonchev–Trinajstić information content (AvgIpc) is 2.42. The third kappa shape index (κ3) is 5.12. The molecule has 2 heteroatoms. The molecule has 2 atom stereocenters. The van der Waals surface area contributed by atoms with Crippen LogP contribution in [0.1, 0.15) is 58.6 Å². The van der Waals surface area contributed by atoms with Crippen molar-refractivity contribution in [3.63, 3.8) is 0 Å². The third-order valence-electron chi connectivity index (χ3n) is 4.74. The van der Waals surface area contributed by atoms with Crippen LogP contribution >= 0.6 is 0 Å². The SMILES string of the molecule is CC1CCCN(Cc2ccc(CNC(C)(C)C)cc2)C1C. The Hall–Kier alpha value is -0.860. The van der Waals surface area contributed by atoms with Crippen molar-refractivity contribution in [2.75, 3.05) is 6.54 Å². The minimum absolute atomic E-state index is 0.179. The molecular weight excluding hydrogens is 256 g/mol. The summed E-state index contributed by atoms with van der Waals surface area (Å²) in [4.78, 5) is 2.64. The lowest BCUT2D eigenvalue weighted by Crippen LogP contribution is -2.41. The summed E-state index contributed by atoms with van der Waals surface area (Å²) in [6.07, 6.45) is 2.73. The van der Waals surface area contributed by atoms with Gasteiger partial charge in [0.15, 0.2) is 0 Å². The monoisotopic (exact) mass is 288 g/mol. The van der Waals surface area contributed by atoms with Crippen molar-refractivity contribution < 1.29 is 0 Å². The van der Waals surface area contributed by atoms with E-state index in [-0.39, 0.29) is 5.54 Å². The van der Waals surface area contributed by atoms with E-state index in [9.17, 15) is 0 Å². The van der Waals surface area contributed by atoms with E-state index < -0.39 is 0 Å². The van der Waals surface area contributed by atoms with Crippen LogP contribution in [0.5, 0.6) is 0 Å². The number of nitrogens with one attached hydrogen (secondary N) is 1. The molecule has 1 aliphatic heterocycles. The molecule has 0 amide bonds. The van der Waals surface area contributed by atoms with Crippen molar-refractivity contribution in [2.24, 2.45) is 5.92 Å². The lowest BCUT2D eigenvalue weighted by Gasteiger charge is -2.38.